The Hall–Kier alpha value is -3.00. The molecule has 3 N–H and O–H groups in total. The van der Waals surface area contributed by atoms with Gasteiger partial charge in [0.25, 0.3) is 11.8 Å². The topological polar surface area (TPSA) is 110 Å². The first kappa shape index (κ1) is 20.7. The second kappa shape index (κ2) is 9.00. The fourth-order valence-corrected chi connectivity index (χ4v) is 3.54. The van der Waals surface area contributed by atoms with E-state index in [-0.39, 0.29) is 30.7 Å². The average Bonchev–Trinajstić information content (AvgIpc) is 2.92. The Labute approximate surface area is 176 Å². The maximum absolute atomic E-state index is 12.4. The van der Waals surface area contributed by atoms with Crippen molar-refractivity contribution in [2.75, 3.05) is 13.1 Å². The van der Waals surface area contributed by atoms with Crippen molar-refractivity contribution in [1.29, 1.82) is 0 Å². The zero-order chi connectivity index (χ0) is 21.0. The largest absolute Gasteiger partial charge is 0.366 e. The Morgan fingerprint density at radius 1 is 1.03 bits per heavy atom. The molecule has 0 aromatic heterocycles. The molecule has 1 heterocycles. The summed E-state index contributed by atoms with van der Waals surface area (Å²) in [4.78, 5) is 49.1. The molecule has 8 heteroatoms. The van der Waals surface area contributed by atoms with Gasteiger partial charge in [0.15, 0.2) is 0 Å². The first-order valence-electron chi connectivity index (χ1n) is 9.18. The lowest BCUT2D eigenvalue weighted by Gasteiger charge is -2.13. The minimum atomic E-state index is -0.489. The molecule has 1 aliphatic rings. The van der Waals surface area contributed by atoms with Crippen molar-refractivity contribution in [2.24, 2.45) is 5.73 Å². The van der Waals surface area contributed by atoms with Crippen LogP contribution in [0.15, 0.2) is 46.9 Å². The summed E-state index contributed by atoms with van der Waals surface area (Å²) in [5.74, 6) is -1.31. The average molecular weight is 458 g/mol. The highest BCUT2D eigenvalue weighted by atomic mass is 79.9. The van der Waals surface area contributed by atoms with Gasteiger partial charge in [-0.25, -0.2) is 0 Å². The Morgan fingerprint density at radius 2 is 1.79 bits per heavy atom. The normalized spacial score (nSPS) is 12.8. The number of nitrogens with two attached hydrogens (primary N) is 1. The van der Waals surface area contributed by atoms with Gasteiger partial charge in [-0.15, -0.1) is 0 Å². The van der Waals surface area contributed by atoms with Crippen LogP contribution in [0.5, 0.6) is 0 Å². The maximum atomic E-state index is 12.4. The summed E-state index contributed by atoms with van der Waals surface area (Å²) >= 11 is 3.30. The highest BCUT2D eigenvalue weighted by molar-refractivity contribution is 9.10. The zero-order valence-corrected chi connectivity index (χ0v) is 17.2. The molecule has 3 rings (SSSR count). The number of carbonyl (C=O) groups excluding carboxylic acids is 4. The van der Waals surface area contributed by atoms with E-state index < -0.39 is 5.91 Å². The van der Waals surface area contributed by atoms with E-state index >= 15 is 0 Å². The van der Waals surface area contributed by atoms with Gasteiger partial charge in [-0.1, -0.05) is 28.1 Å². The maximum Gasteiger partial charge on any atom is 0.261 e. The molecule has 29 heavy (non-hydrogen) atoms. The second-order valence-electron chi connectivity index (χ2n) is 6.72. The number of hydrogen-bond donors (Lipinski definition) is 2. The number of imide groups is 1. The van der Waals surface area contributed by atoms with Gasteiger partial charge in [0.2, 0.25) is 11.8 Å². The van der Waals surface area contributed by atoms with Crippen molar-refractivity contribution >= 4 is 39.6 Å². The highest BCUT2D eigenvalue weighted by Gasteiger charge is 2.35. The third-order valence-electron chi connectivity index (χ3n) is 4.67. The smallest absolute Gasteiger partial charge is 0.261 e. The molecular formula is C21H20BrN3O4. The van der Waals surface area contributed by atoms with Crippen LogP contribution in [0.2, 0.25) is 0 Å². The monoisotopic (exact) mass is 457 g/mol. The zero-order valence-electron chi connectivity index (χ0n) is 15.6. The van der Waals surface area contributed by atoms with Crippen molar-refractivity contribution < 1.29 is 19.2 Å². The molecule has 2 aromatic carbocycles. The van der Waals surface area contributed by atoms with Gasteiger partial charge >= 0.3 is 0 Å². The summed E-state index contributed by atoms with van der Waals surface area (Å²) < 4.78 is 0.736. The molecule has 0 radical (unpaired) electrons. The summed E-state index contributed by atoms with van der Waals surface area (Å²) in [6, 6.07) is 11.9. The summed E-state index contributed by atoms with van der Waals surface area (Å²) in [6.07, 6.45) is 1.16. The number of amides is 4. The third kappa shape index (κ3) is 4.89. The van der Waals surface area contributed by atoms with Crippen molar-refractivity contribution in [1.82, 2.24) is 10.2 Å². The molecule has 0 saturated carbocycles. The summed E-state index contributed by atoms with van der Waals surface area (Å²) in [6.45, 7) is 0.611. The molecule has 0 saturated heterocycles. The van der Waals surface area contributed by atoms with Gasteiger partial charge in [0.05, 0.1) is 11.1 Å². The third-order valence-corrected chi connectivity index (χ3v) is 5.16. The molecule has 0 spiro atoms. The Bertz CT molecular complexity index is 990. The van der Waals surface area contributed by atoms with E-state index in [0.29, 0.717) is 36.1 Å². The lowest BCUT2D eigenvalue weighted by molar-refractivity contribution is -0.121. The molecule has 0 aliphatic carbocycles. The summed E-state index contributed by atoms with van der Waals surface area (Å²) in [5, 5.41) is 2.80. The Morgan fingerprint density at radius 3 is 2.55 bits per heavy atom. The van der Waals surface area contributed by atoms with E-state index in [9.17, 15) is 19.2 Å². The molecule has 4 amide bonds. The lowest BCUT2D eigenvalue weighted by atomic mass is 10.1. The van der Waals surface area contributed by atoms with Gasteiger partial charge in [0.1, 0.15) is 0 Å². The number of primary amides is 1. The fourth-order valence-electron chi connectivity index (χ4n) is 3.18. The number of rotatable bonds is 8. The number of nitrogens with one attached hydrogen (secondary N) is 1. The standard InChI is InChI=1S/C21H20BrN3O4/c22-15-6-7-16-17(12-15)21(29)25(20(16)28)10-2-5-18(26)24-9-8-13-3-1-4-14(11-13)19(23)27/h1,3-4,6-7,11-12H,2,5,8-10H2,(H2,23,27)(H,24,26). The lowest BCUT2D eigenvalue weighted by Crippen LogP contribution is -2.32. The van der Waals surface area contributed by atoms with Crippen molar-refractivity contribution in [3.05, 3.63) is 69.2 Å². The number of fused-ring (bicyclic) bond motifs is 1. The first-order valence-corrected chi connectivity index (χ1v) is 9.97. The Balaban J connectivity index is 1.43. The van der Waals surface area contributed by atoms with Crippen molar-refractivity contribution in [3.63, 3.8) is 0 Å². The van der Waals surface area contributed by atoms with Crippen LogP contribution in [0, 0.1) is 0 Å². The van der Waals surface area contributed by atoms with Crippen molar-refractivity contribution in [2.45, 2.75) is 19.3 Å². The van der Waals surface area contributed by atoms with E-state index in [4.69, 9.17) is 5.73 Å². The van der Waals surface area contributed by atoms with Crippen LogP contribution < -0.4 is 11.1 Å². The van der Waals surface area contributed by atoms with Crippen LogP contribution in [-0.4, -0.2) is 41.6 Å². The molecule has 0 fully saturated rings. The number of carbonyl (C=O) groups is 4. The number of nitrogens with zero attached hydrogens (tertiary/aromatic N) is 1. The second-order valence-corrected chi connectivity index (χ2v) is 7.64. The quantitative estimate of drug-likeness (QED) is 0.592. The number of halogens is 1. The molecule has 2 aromatic rings. The van der Waals surface area contributed by atoms with Crippen LogP contribution in [0.4, 0.5) is 0 Å². The van der Waals surface area contributed by atoms with Crippen LogP contribution in [0.3, 0.4) is 0 Å². The molecule has 7 nitrogen and oxygen atoms in total. The minimum Gasteiger partial charge on any atom is -0.366 e. The van der Waals surface area contributed by atoms with Gasteiger partial charge in [-0.2, -0.15) is 0 Å². The van der Waals surface area contributed by atoms with E-state index in [1.165, 1.54) is 4.90 Å². The van der Waals surface area contributed by atoms with E-state index in [2.05, 4.69) is 21.2 Å². The van der Waals surface area contributed by atoms with E-state index in [0.717, 1.165) is 10.0 Å². The fraction of sp³-hybridized carbons (Fsp3) is 0.238. The molecule has 0 atom stereocenters. The van der Waals surface area contributed by atoms with Gasteiger partial charge in [-0.3, -0.25) is 24.1 Å². The molecule has 1 aliphatic heterocycles. The predicted molar refractivity (Wildman–Crippen MR) is 110 cm³/mol. The predicted octanol–water partition coefficient (Wildman–Crippen LogP) is 2.28. The van der Waals surface area contributed by atoms with Crippen LogP contribution in [-0.2, 0) is 11.2 Å². The van der Waals surface area contributed by atoms with Gasteiger partial charge < -0.3 is 11.1 Å². The number of hydrogen-bond acceptors (Lipinski definition) is 4. The molecule has 150 valence electrons. The van der Waals surface area contributed by atoms with Crippen LogP contribution in [0.25, 0.3) is 0 Å². The van der Waals surface area contributed by atoms with Gasteiger partial charge in [-0.05, 0) is 48.7 Å². The summed E-state index contributed by atoms with van der Waals surface area (Å²) in [7, 11) is 0. The van der Waals surface area contributed by atoms with E-state index in [1.807, 2.05) is 6.07 Å². The molecule has 0 unspecified atom stereocenters. The Kier molecular flexibility index (Phi) is 6.43. The highest BCUT2D eigenvalue weighted by Crippen LogP contribution is 2.26. The number of benzene rings is 2. The van der Waals surface area contributed by atoms with Crippen molar-refractivity contribution in [3.8, 4) is 0 Å². The van der Waals surface area contributed by atoms with Crippen LogP contribution >= 0.6 is 15.9 Å². The first-order chi connectivity index (χ1) is 13.9. The molecular weight excluding hydrogens is 438 g/mol. The SMILES string of the molecule is NC(=O)c1cccc(CCNC(=O)CCCN2C(=O)c3ccc(Br)cc3C2=O)c1. The minimum absolute atomic E-state index is 0.157. The van der Waals surface area contributed by atoms with E-state index in [1.54, 1.807) is 36.4 Å². The van der Waals surface area contributed by atoms with Gasteiger partial charge in [0, 0.05) is 29.5 Å². The molecule has 0 bridgehead atoms. The van der Waals surface area contributed by atoms with Crippen LogP contribution in [0.1, 0.15) is 49.5 Å². The summed E-state index contributed by atoms with van der Waals surface area (Å²) in [5.41, 5.74) is 7.36.